The Morgan fingerprint density at radius 1 is 1.06 bits per heavy atom. The SMILES string of the molecule is COc1cc2[nH]c(=O)n(Cc3ccc(C(=O)NCCCN4CCCC4=O)cc3)c(=O)c2cc1OC. The summed E-state index contributed by atoms with van der Waals surface area (Å²) >= 11 is 0. The lowest BCUT2D eigenvalue weighted by atomic mass is 10.1. The molecule has 0 aliphatic carbocycles. The molecule has 35 heavy (non-hydrogen) atoms. The molecule has 2 heterocycles. The van der Waals surface area contributed by atoms with Gasteiger partial charge in [0.15, 0.2) is 11.5 Å². The van der Waals surface area contributed by atoms with E-state index in [0.717, 1.165) is 17.5 Å². The van der Waals surface area contributed by atoms with Crippen molar-refractivity contribution in [3.8, 4) is 11.5 Å². The van der Waals surface area contributed by atoms with Gasteiger partial charge in [0.25, 0.3) is 11.5 Å². The van der Waals surface area contributed by atoms with Crippen molar-refractivity contribution < 1.29 is 19.1 Å². The molecule has 0 spiro atoms. The van der Waals surface area contributed by atoms with Crippen molar-refractivity contribution in [1.29, 1.82) is 0 Å². The predicted molar refractivity (Wildman–Crippen MR) is 130 cm³/mol. The molecule has 2 aromatic carbocycles. The van der Waals surface area contributed by atoms with Crippen molar-refractivity contribution in [2.24, 2.45) is 0 Å². The summed E-state index contributed by atoms with van der Waals surface area (Å²) in [4.78, 5) is 54.2. The summed E-state index contributed by atoms with van der Waals surface area (Å²) in [6, 6.07) is 9.82. The lowest BCUT2D eigenvalue weighted by Gasteiger charge is -2.15. The number of carbonyl (C=O) groups is 2. The van der Waals surface area contributed by atoms with Crippen molar-refractivity contribution in [2.75, 3.05) is 33.9 Å². The highest BCUT2D eigenvalue weighted by molar-refractivity contribution is 5.94. The number of benzene rings is 2. The summed E-state index contributed by atoms with van der Waals surface area (Å²) in [6.07, 6.45) is 2.20. The third kappa shape index (κ3) is 5.21. The molecule has 0 atom stereocenters. The second-order valence-electron chi connectivity index (χ2n) is 8.36. The van der Waals surface area contributed by atoms with Gasteiger partial charge in [-0.1, -0.05) is 12.1 Å². The Kier molecular flexibility index (Phi) is 7.19. The molecule has 1 aliphatic rings. The Labute approximate surface area is 201 Å². The number of methoxy groups -OCH3 is 2. The number of nitrogens with zero attached hydrogens (tertiary/aromatic N) is 2. The first kappa shape index (κ1) is 24.1. The van der Waals surface area contributed by atoms with Crippen molar-refractivity contribution >= 4 is 22.7 Å². The Morgan fingerprint density at radius 2 is 1.77 bits per heavy atom. The maximum absolute atomic E-state index is 13.0. The van der Waals surface area contributed by atoms with Crippen LogP contribution in [0.25, 0.3) is 10.9 Å². The van der Waals surface area contributed by atoms with Gasteiger partial charge < -0.3 is 24.7 Å². The van der Waals surface area contributed by atoms with Crippen LogP contribution in [0.4, 0.5) is 0 Å². The van der Waals surface area contributed by atoms with Gasteiger partial charge in [0.2, 0.25) is 5.91 Å². The largest absolute Gasteiger partial charge is 0.493 e. The molecule has 1 aliphatic heterocycles. The van der Waals surface area contributed by atoms with Crippen molar-refractivity contribution in [2.45, 2.75) is 25.8 Å². The van der Waals surface area contributed by atoms with Gasteiger partial charge in [0.1, 0.15) is 0 Å². The molecule has 10 nitrogen and oxygen atoms in total. The van der Waals surface area contributed by atoms with Crippen LogP contribution < -0.4 is 26.0 Å². The van der Waals surface area contributed by atoms with Gasteiger partial charge in [-0.05, 0) is 36.6 Å². The lowest BCUT2D eigenvalue weighted by Crippen LogP contribution is -2.35. The van der Waals surface area contributed by atoms with Crippen LogP contribution in [0.15, 0.2) is 46.0 Å². The van der Waals surface area contributed by atoms with Gasteiger partial charge in [0.05, 0.1) is 31.7 Å². The fourth-order valence-corrected chi connectivity index (χ4v) is 4.18. The van der Waals surface area contributed by atoms with Crippen LogP contribution in [0.3, 0.4) is 0 Å². The summed E-state index contributed by atoms with van der Waals surface area (Å²) in [6.45, 7) is 1.95. The van der Waals surface area contributed by atoms with E-state index in [1.54, 1.807) is 30.3 Å². The molecule has 2 N–H and O–H groups in total. The number of likely N-dealkylation sites (tertiary alicyclic amines) is 1. The third-order valence-electron chi connectivity index (χ3n) is 6.10. The highest BCUT2D eigenvalue weighted by Crippen LogP contribution is 2.29. The van der Waals surface area contributed by atoms with E-state index in [2.05, 4.69) is 10.3 Å². The van der Waals surface area contributed by atoms with Crippen LogP contribution >= 0.6 is 0 Å². The minimum absolute atomic E-state index is 0.0458. The van der Waals surface area contributed by atoms with Crippen LogP contribution in [-0.4, -0.2) is 60.1 Å². The number of nitrogens with one attached hydrogen (secondary N) is 2. The van der Waals surface area contributed by atoms with Gasteiger partial charge >= 0.3 is 5.69 Å². The second-order valence-corrected chi connectivity index (χ2v) is 8.36. The molecule has 2 amide bonds. The van der Waals surface area contributed by atoms with Crippen LogP contribution in [0.1, 0.15) is 35.2 Å². The van der Waals surface area contributed by atoms with E-state index in [4.69, 9.17) is 9.47 Å². The summed E-state index contributed by atoms with van der Waals surface area (Å²) in [5.41, 5.74) is 0.523. The number of fused-ring (bicyclic) bond motifs is 1. The number of aromatic nitrogens is 2. The average molecular weight is 481 g/mol. The van der Waals surface area contributed by atoms with Gasteiger partial charge in [-0.15, -0.1) is 0 Å². The number of carbonyl (C=O) groups excluding carboxylic acids is 2. The van der Waals surface area contributed by atoms with E-state index in [1.165, 1.54) is 20.3 Å². The normalized spacial score (nSPS) is 13.3. The van der Waals surface area contributed by atoms with Crippen LogP contribution in [0.2, 0.25) is 0 Å². The second kappa shape index (κ2) is 10.5. The molecule has 3 aromatic rings. The first-order valence-corrected chi connectivity index (χ1v) is 11.4. The van der Waals surface area contributed by atoms with E-state index >= 15 is 0 Å². The number of hydrogen-bond donors (Lipinski definition) is 2. The van der Waals surface area contributed by atoms with Crippen molar-refractivity contribution in [1.82, 2.24) is 19.8 Å². The van der Waals surface area contributed by atoms with Crippen LogP contribution in [0.5, 0.6) is 11.5 Å². The maximum Gasteiger partial charge on any atom is 0.329 e. The van der Waals surface area contributed by atoms with Gasteiger partial charge in [-0.2, -0.15) is 0 Å². The Bertz CT molecular complexity index is 1360. The zero-order valence-corrected chi connectivity index (χ0v) is 19.8. The number of ether oxygens (including phenoxy) is 2. The fourth-order valence-electron chi connectivity index (χ4n) is 4.18. The first-order chi connectivity index (χ1) is 16.9. The van der Waals surface area contributed by atoms with Crippen molar-refractivity contribution in [3.05, 3.63) is 68.4 Å². The van der Waals surface area contributed by atoms with E-state index in [9.17, 15) is 19.2 Å². The van der Waals surface area contributed by atoms with Crippen molar-refractivity contribution in [3.63, 3.8) is 0 Å². The summed E-state index contributed by atoms with van der Waals surface area (Å²) in [7, 11) is 2.95. The fraction of sp³-hybridized carbons (Fsp3) is 0.360. The zero-order valence-electron chi connectivity index (χ0n) is 19.8. The molecule has 0 saturated carbocycles. The molecule has 10 heteroatoms. The molecule has 0 bridgehead atoms. The summed E-state index contributed by atoms with van der Waals surface area (Å²) in [5.74, 6) is 0.755. The highest BCUT2D eigenvalue weighted by Gasteiger charge is 2.19. The monoisotopic (exact) mass is 480 g/mol. The molecule has 1 aromatic heterocycles. The predicted octanol–water partition coefficient (Wildman–Crippen LogP) is 1.50. The van der Waals surface area contributed by atoms with Gasteiger partial charge in [0, 0.05) is 37.7 Å². The number of amides is 2. The molecule has 184 valence electrons. The Morgan fingerprint density at radius 3 is 2.43 bits per heavy atom. The first-order valence-electron chi connectivity index (χ1n) is 11.4. The minimum Gasteiger partial charge on any atom is -0.493 e. The van der Waals surface area contributed by atoms with Gasteiger partial charge in [-0.25, -0.2) is 4.79 Å². The zero-order chi connectivity index (χ0) is 24.9. The molecular formula is C25H28N4O6. The molecule has 1 saturated heterocycles. The van der Waals surface area contributed by atoms with E-state index in [1.807, 2.05) is 4.90 Å². The molecule has 1 fully saturated rings. The standard InChI is InChI=1S/C25H28N4O6/c1-34-20-13-18-19(14-21(20)35-2)27-25(33)29(24(18)32)15-16-6-8-17(9-7-16)23(31)26-10-4-12-28-11-3-5-22(28)30/h6-9,13-14H,3-5,10-12,15H2,1-2H3,(H,26,31)(H,27,33). The number of hydrogen-bond acceptors (Lipinski definition) is 6. The van der Waals surface area contributed by atoms with E-state index in [-0.39, 0.29) is 18.4 Å². The van der Waals surface area contributed by atoms with Crippen LogP contribution in [-0.2, 0) is 11.3 Å². The number of H-pyrrole nitrogens is 1. The lowest BCUT2D eigenvalue weighted by molar-refractivity contribution is -0.127. The molecule has 0 radical (unpaired) electrons. The summed E-state index contributed by atoms with van der Waals surface area (Å²) in [5, 5.41) is 3.16. The Hall–Kier alpha value is -4.08. The number of aromatic amines is 1. The maximum atomic E-state index is 13.0. The Balaban J connectivity index is 1.43. The highest BCUT2D eigenvalue weighted by atomic mass is 16.5. The topological polar surface area (TPSA) is 123 Å². The third-order valence-corrected chi connectivity index (χ3v) is 6.10. The van der Waals surface area contributed by atoms with Gasteiger partial charge in [-0.3, -0.25) is 19.0 Å². The average Bonchev–Trinajstić information content (AvgIpc) is 3.28. The number of rotatable bonds is 9. The molecule has 0 unspecified atom stereocenters. The smallest absolute Gasteiger partial charge is 0.329 e. The molecule has 4 rings (SSSR count). The quantitative estimate of drug-likeness (QED) is 0.448. The van der Waals surface area contributed by atoms with Crippen LogP contribution in [0, 0.1) is 0 Å². The molecular weight excluding hydrogens is 452 g/mol. The van der Waals surface area contributed by atoms with E-state index < -0.39 is 11.2 Å². The summed E-state index contributed by atoms with van der Waals surface area (Å²) < 4.78 is 11.6. The van der Waals surface area contributed by atoms with E-state index in [0.29, 0.717) is 59.5 Å². The minimum atomic E-state index is -0.548.